The highest BCUT2D eigenvalue weighted by Crippen LogP contribution is 2.17. The van der Waals surface area contributed by atoms with E-state index in [-0.39, 0.29) is 11.3 Å². The van der Waals surface area contributed by atoms with E-state index in [9.17, 15) is 9.59 Å². The molecule has 0 bridgehead atoms. The Bertz CT molecular complexity index is 812. The van der Waals surface area contributed by atoms with Crippen LogP contribution in [0.5, 0.6) is 0 Å². The van der Waals surface area contributed by atoms with Gasteiger partial charge in [0.15, 0.2) is 5.43 Å². The summed E-state index contributed by atoms with van der Waals surface area (Å²) < 4.78 is 0. The maximum absolute atomic E-state index is 12.6. The van der Waals surface area contributed by atoms with Gasteiger partial charge in [-0.2, -0.15) is 0 Å². The molecule has 3 rings (SSSR count). The zero-order chi connectivity index (χ0) is 17.8. The van der Waals surface area contributed by atoms with Crippen molar-refractivity contribution in [3.05, 3.63) is 45.7 Å². The molecule has 0 aliphatic carbocycles. The molecule has 25 heavy (non-hydrogen) atoms. The number of hydrogen-bond acceptors (Lipinski definition) is 3. The van der Waals surface area contributed by atoms with Crippen molar-refractivity contribution in [1.82, 2.24) is 15.2 Å². The molecule has 1 aliphatic rings. The number of H-pyrrole nitrogens is 1. The monoisotopic (exact) mass is 341 g/mol. The SMILES string of the molecule is Cc1[nH]c2ccccc2c(=O)c1CCC(=O)NCCC1CCCN1C. The van der Waals surface area contributed by atoms with Crippen molar-refractivity contribution >= 4 is 16.8 Å². The lowest BCUT2D eigenvalue weighted by atomic mass is 10.0. The largest absolute Gasteiger partial charge is 0.358 e. The molecular weight excluding hydrogens is 314 g/mol. The Morgan fingerprint density at radius 2 is 2.16 bits per heavy atom. The standard InChI is InChI=1S/C20H27N3O2/c1-14-16(20(25)17-7-3-4-8-18(17)22-14)9-10-19(24)21-12-11-15-6-5-13-23(15)2/h3-4,7-8,15H,5-6,9-13H2,1-2H3,(H,21,24)(H,22,25). The summed E-state index contributed by atoms with van der Waals surface area (Å²) in [5.41, 5.74) is 2.44. The van der Waals surface area contributed by atoms with E-state index in [1.807, 2.05) is 31.2 Å². The van der Waals surface area contributed by atoms with Crippen LogP contribution in [0, 0.1) is 6.92 Å². The zero-order valence-corrected chi connectivity index (χ0v) is 15.1. The first kappa shape index (κ1) is 17.7. The summed E-state index contributed by atoms with van der Waals surface area (Å²) in [6, 6.07) is 8.09. The van der Waals surface area contributed by atoms with Gasteiger partial charge in [0, 0.05) is 41.2 Å². The molecule has 2 heterocycles. The van der Waals surface area contributed by atoms with E-state index in [0.29, 0.717) is 36.4 Å². The molecule has 1 fully saturated rings. The van der Waals surface area contributed by atoms with Crippen LogP contribution >= 0.6 is 0 Å². The van der Waals surface area contributed by atoms with Crippen molar-refractivity contribution in [2.45, 2.75) is 45.1 Å². The molecule has 134 valence electrons. The van der Waals surface area contributed by atoms with Crippen LogP contribution in [0.3, 0.4) is 0 Å². The summed E-state index contributed by atoms with van der Waals surface area (Å²) in [5.74, 6) is 0.0209. The summed E-state index contributed by atoms with van der Waals surface area (Å²) >= 11 is 0. The van der Waals surface area contributed by atoms with Crippen molar-refractivity contribution in [2.75, 3.05) is 20.1 Å². The molecular formula is C20H27N3O2. The number of pyridine rings is 1. The summed E-state index contributed by atoms with van der Waals surface area (Å²) in [6.45, 7) is 3.76. The Labute approximate surface area is 148 Å². The number of nitrogens with zero attached hydrogens (tertiary/aromatic N) is 1. The second kappa shape index (κ2) is 7.83. The maximum atomic E-state index is 12.6. The molecule has 1 aromatic heterocycles. The number of carbonyl (C=O) groups is 1. The number of aromatic nitrogens is 1. The molecule has 2 aromatic rings. The normalized spacial score (nSPS) is 17.9. The van der Waals surface area contributed by atoms with Gasteiger partial charge in [0.25, 0.3) is 0 Å². The highest BCUT2D eigenvalue weighted by Gasteiger charge is 2.20. The highest BCUT2D eigenvalue weighted by molar-refractivity contribution is 5.80. The number of rotatable bonds is 6. The van der Waals surface area contributed by atoms with Crippen LogP contribution in [0.15, 0.2) is 29.1 Å². The van der Waals surface area contributed by atoms with Gasteiger partial charge in [0.05, 0.1) is 0 Å². The van der Waals surface area contributed by atoms with Gasteiger partial charge in [-0.1, -0.05) is 12.1 Å². The molecule has 1 aliphatic heterocycles. The number of aryl methyl sites for hydroxylation is 1. The fourth-order valence-corrected chi connectivity index (χ4v) is 3.75. The zero-order valence-electron chi connectivity index (χ0n) is 15.1. The Morgan fingerprint density at radius 3 is 2.92 bits per heavy atom. The number of likely N-dealkylation sites (tertiary alicyclic amines) is 1. The van der Waals surface area contributed by atoms with Crippen molar-refractivity contribution in [3.8, 4) is 0 Å². The van der Waals surface area contributed by atoms with Crippen LogP contribution in [0.2, 0.25) is 0 Å². The molecule has 0 radical (unpaired) electrons. The van der Waals surface area contributed by atoms with Gasteiger partial charge >= 0.3 is 0 Å². The van der Waals surface area contributed by atoms with Gasteiger partial charge in [-0.25, -0.2) is 0 Å². The third-order valence-corrected chi connectivity index (χ3v) is 5.29. The second-order valence-corrected chi connectivity index (χ2v) is 7.02. The highest BCUT2D eigenvalue weighted by atomic mass is 16.1. The lowest BCUT2D eigenvalue weighted by molar-refractivity contribution is -0.121. The third-order valence-electron chi connectivity index (χ3n) is 5.29. The van der Waals surface area contributed by atoms with Crippen molar-refractivity contribution < 1.29 is 4.79 Å². The minimum atomic E-state index is 0.0209. The van der Waals surface area contributed by atoms with Crippen molar-refractivity contribution in [2.24, 2.45) is 0 Å². The van der Waals surface area contributed by atoms with Gasteiger partial charge in [-0.15, -0.1) is 0 Å². The predicted molar refractivity (Wildman–Crippen MR) is 101 cm³/mol. The first-order valence-corrected chi connectivity index (χ1v) is 9.13. The molecule has 2 N–H and O–H groups in total. The van der Waals surface area contributed by atoms with Crippen LogP contribution in [-0.4, -0.2) is 42.0 Å². The smallest absolute Gasteiger partial charge is 0.220 e. The molecule has 1 unspecified atom stereocenters. The molecule has 1 saturated heterocycles. The van der Waals surface area contributed by atoms with E-state index < -0.39 is 0 Å². The Morgan fingerprint density at radius 1 is 1.36 bits per heavy atom. The summed E-state index contributed by atoms with van der Waals surface area (Å²) in [5, 5.41) is 3.69. The van der Waals surface area contributed by atoms with E-state index in [2.05, 4.69) is 22.2 Å². The van der Waals surface area contributed by atoms with Gasteiger partial charge in [-0.3, -0.25) is 9.59 Å². The molecule has 0 saturated carbocycles. The van der Waals surface area contributed by atoms with Crippen LogP contribution in [0.4, 0.5) is 0 Å². The average Bonchev–Trinajstić information content (AvgIpc) is 3.00. The van der Waals surface area contributed by atoms with Gasteiger partial charge in [0.1, 0.15) is 0 Å². The van der Waals surface area contributed by atoms with Gasteiger partial charge < -0.3 is 15.2 Å². The lowest BCUT2D eigenvalue weighted by Crippen LogP contribution is -2.32. The van der Waals surface area contributed by atoms with Gasteiger partial charge in [0.2, 0.25) is 5.91 Å². The molecule has 1 amide bonds. The molecule has 5 heteroatoms. The van der Waals surface area contributed by atoms with E-state index in [0.717, 1.165) is 24.2 Å². The number of fused-ring (bicyclic) bond motifs is 1. The number of aromatic amines is 1. The Kier molecular flexibility index (Phi) is 5.53. The number of hydrogen-bond donors (Lipinski definition) is 2. The van der Waals surface area contributed by atoms with E-state index in [1.165, 1.54) is 12.8 Å². The van der Waals surface area contributed by atoms with E-state index >= 15 is 0 Å². The number of benzene rings is 1. The van der Waals surface area contributed by atoms with E-state index in [1.54, 1.807) is 0 Å². The number of nitrogens with one attached hydrogen (secondary N) is 2. The maximum Gasteiger partial charge on any atom is 0.220 e. The number of para-hydroxylation sites is 1. The quantitative estimate of drug-likeness (QED) is 0.848. The summed E-state index contributed by atoms with van der Waals surface area (Å²) in [4.78, 5) is 30.4. The summed E-state index contributed by atoms with van der Waals surface area (Å²) in [7, 11) is 2.15. The molecule has 1 atom stereocenters. The average molecular weight is 341 g/mol. The summed E-state index contributed by atoms with van der Waals surface area (Å²) in [6.07, 6.45) is 4.29. The van der Waals surface area contributed by atoms with E-state index in [4.69, 9.17) is 0 Å². The Balaban J connectivity index is 1.55. The first-order valence-electron chi connectivity index (χ1n) is 9.13. The Hall–Kier alpha value is -2.14. The van der Waals surface area contributed by atoms with Crippen molar-refractivity contribution in [1.29, 1.82) is 0 Å². The molecule has 1 aromatic carbocycles. The van der Waals surface area contributed by atoms with Crippen LogP contribution in [-0.2, 0) is 11.2 Å². The van der Waals surface area contributed by atoms with Gasteiger partial charge in [-0.05, 0) is 58.3 Å². The van der Waals surface area contributed by atoms with Crippen LogP contribution in [0.25, 0.3) is 10.9 Å². The first-order chi connectivity index (χ1) is 12.1. The third kappa shape index (κ3) is 4.10. The second-order valence-electron chi connectivity index (χ2n) is 7.02. The molecule has 5 nitrogen and oxygen atoms in total. The lowest BCUT2D eigenvalue weighted by Gasteiger charge is -2.19. The number of carbonyl (C=O) groups excluding carboxylic acids is 1. The van der Waals surface area contributed by atoms with Crippen molar-refractivity contribution in [3.63, 3.8) is 0 Å². The number of amides is 1. The minimum absolute atomic E-state index is 0.0209. The fraction of sp³-hybridized carbons (Fsp3) is 0.500. The molecule has 0 spiro atoms. The van der Waals surface area contributed by atoms with Crippen LogP contribution < -0.4 is 10.7 Å². The minimum Gasteiger partial charge on any atom is -0.358 e. The topological polar surface area (TPSA) is 65.2 Å². The fourth-order valence-electron chi connectivity index (χ4n) is 3.75. The predicted octanol–water partition coefficient (Wildman–Crippen LogP) is 2.37. The van der Waals surface area contributed by atoms with Crippen LogP contribution in [0.1, 0.15) is 36.9 Å².